The number of benzene rings is 1. The fourth-order valence-corrected chi connectivity index (χ4v) is 1.74. The Morgan fingerprint density at radius 1 is 1.32 bits per heavy atom. The molecular weight excluding hydrogens is 245 g/mol. The molecule has 1 aromatic carbocycles. The van der Waals surface area contributed by atoms with Gasteiger partial charge >= 0.3 is 0 Å². The first-order chi connectivity index (χ1) is 9.10. The second-order valence-corrected chi connectivity index (χ2v) is 4.17. The van der Waals surface area contributed by atoms with Crippen molar-refractivity contribution in [2.75, 3.05) is 30.0 Å². The molecule has 0 radical (unpaired) electrons. The highest BCUT2D eigenvalue weighted by molar-refractivity contribution is 5.52. The van der Waals surface area contributed by atoms with Gasteiger partial charge in [-0.2, -0.15) is 9.97 Å². The average Bonchev–Trinajstić information content (AvgIpc) is 2.40. The predicted octanol–water partition coefficient (Wildman–Crippen LogP) is 1.88. The molecule has 0 aliphatic carbocycles. The lowest BCUT2D eigenvalue weighted by molar-refractivity contribution is 0.607. The lowest BCUT2D eigenvalue weighted by Crippen LogP contribution is -2.19. The van der Waals surface area contributed by atoms with E-state index in [1.165, 1.54) is 6.07 Å². The van der Waals surface area contributed by atoms with E-state index >= 15 is 0 Å². The Bertz CT molecular complexity index is 573. The van der Waals surface area contributed by atoms with Gasteiger partial charge in [0.2, 0.25) is 5.95 Å². The van der Waals surface area contributed by atoms with Gasteiger partial charge in [-0.3, -0.25) is 0 Å². The molecule has 0 aliphatic rings. The van der Waals surface area contributed by atoms with Crippen molar-refractivity contribution in [2.45, 2.75) is 6.54 Å². The van der Waals surface area contributed by atoms with Gasteiger partial charge in [-0.05, 0) is 6.07 Å². The van der Waals surface area contributed by atoms with Crippen LogP contribution in [0, 0.1) is 5.82 Å². The summed E-state index contributed by atoms with van der Waals surface area (Å²) < 4.78 is 13.6. The Hall–Kier alpha value is -2.37. The minimum atomic E-state index is -0.231. The number of hydrogen-bond donors (Lipinski definition) is 2. The zero-order valence-corrected chi connectivity index (χ0v) is 10.9. The lowest BCUT2D eigenvalue weighted by Gasteiger charge is -2.19. The smallest absolute Gasteiger partial charge is 0.223 e. The number of anilines is 3. The van der Waals surface area contributed by atoms with Crippen molar-refractivity contribution in [3.8, 4) is 0 Å². The summed E-state index contributed by atoms with van der Waals surface area (Å²) in [5.41, 5.74) is 6.24. The van der Waals surface area contributed by atoms with E-state index in [4.69, 9.17) is 5.73 Å². The fourth-order valence-electron chi connectivity index (χ4n) is 1.74. The standard InChI is InChI=1S/C13H16FN5/c1-16-11-7-12(18-13(15)17-11)19(2)8-9-5-3-4-6-10(9)14/h3-7H,8H2,1-2H3,(H3,15,16,17,18). The molecule has 1 heterocycles. The van der Waals surface area contributed by atoms with Crippen LogP contribution in [0.5, 0.6) is 0 Å². The van der Waals surface area contributed by atoms with Crippen LogP contribution in [-0.2, 0) is 6.54 Å². The molecule has 19 heavy (non-hydrogen) atoms. The van der Waals surface area contributed by atoms with Gasteiger partial charge < -0.3 is 16.0 Å². The summed E-state index contributed by atoms with van der Waals surface area (Å²) in [5.74, 6) is 1.22. The maximum Gasteiger partial charge on any atom is 0.223 e. The van der Waals surface area contributed by atoms with Gasteiger partial charge in [-0.1, -0.05) is 18.2 Å². The summed E-state index contributed by atoms with van der Waals surface area (Å²) in [6, 6.07) is 8.42. The van der Waals surface area contributed by atoms with E-state index in [2.05, 4.69) is 15.3 Å². The van der Waals surface area contributed by atoms with Gasteiger partial charge in [0.25, 0.3) is 0 Å². The molecule has 0 saturated carbocycles. The summed E-state index contributed by atoms with van der Waals surface area (Å²) in [5, 5.41) is 2.91. The van der Waals surface area contributed by atoms with Crippen LogP contribution in [0.3, 0.4) is 0 Å². The molecular formula is C13H16FN5. The minimum Gasteiger partial charge on any atom is -0.373 e. The van der Waals surface area contributed by atoms with Crippen molar-refractivity contribution in [3.63, 3.8) is 0 Å². The molecule has 3 N–H and O–H groups in total. The maximum atomic E-state index is 13.6. The first-order valence-electron chi connectivity index (χ1n) is 5.87. The third kappa shape index (κ3) is 3.09. The van der Waals surface area contributed by atoms with E-state index in [-0.39, 0.29) is 11.8 Å². The van der Waals surface area contributed by atoms with Crippen molar-refractivity contribution in [3.05, 3.63) is 41.7 Å². The van der Waals surface area contributed by atoms with Gasteiger partial charge in [-0.15, -0.1) is 0 Å². The van der Waals surface area contributed by atoms with Crippen LogP contribution in [0.1, 0.15) is 5.56 Å². The second-order valence-electron chi connectivity index (χ2n) is 4.17. The van der Waals surface area contributed by atoms with E-state index in [0.29, 0.717) is 23.7 Å². The Morgan fingerprint density at radius 2 is 2.05 bits per heavy atom. The molecule has 0 atom stereocenters. The van der Waals surface area contributed by atoms with Crippen LogP contribution in [0.2, 0.25) is 0 Å². The van der Waals surface area contributed by atoms with E-state index in [0.717, 1.165) is 0 Å². The number of nitrogens with zero attached hydrogens (tertiary/aromatic N) is 3. The third-order valence-electron chi connectivity index (χ3n) is 2.74. The summed E-state index contributed by atoms with van der Waals surface area (Å²) in [6.45, 7) is 0.409. The van der Waals surface area contributed by atoms with Crippen molar-refractivity contribution in [1.29, 1.82) is 0 Å². The molecule has 0 bridgehead atoms. The number of rotatable bonds is 4. The Balaban J connectivity index is 2.22. The van der Waals surface area contributed by atoms with Gasteiger partial charge in [0.15, 0.2) is 0 Å². The molecule has 2 rings (SSSR count). The van der Waals surface area contributed by atoms with E-state index in [1.54, 1.807) is 31.3 Å². The highest BCUT2D eigenvalue weighted by Gasteiger charge is 2.09. The molecule has 0 aliphatic heterocycles. The third-order valence-corrected chi connectivity index (χ3v) is 2.74. The van der Waals surface area contributed by atoms with E-state index < -0.39 is 0 Å². The molecule has 100 valence electrons. The van der Waals surface area contributed by atoms with Crippen LogP contribution < -0.4 is 16.0 Å². The molecule has 0 amide bonds. The quantitative estimate of drug-likeness (QED) is 0.879. The Labute approximate surface area is 111 Å². The lowest BCUT2D eigenvalue weighted by atomic mass is 10.2. The van der Waals surface area contributed by atoms with Crippen LogP contribution >= 0.6 is 0 Å². The summed E-state index contributed by atoms with van der Waals surface area (Å²) in [7, 11) is 3.58. The molecule has 0 unspecified atom stereocenters. The topological polar surface area (TPSA) is 67.1 Å². The highest BCUT2D eigenvalue weighted by atomic mass is 19.1. The number of nitrogens with two attached hydrogens (primary N) is 1. The summed E-state index contributed by atoms with van der Waals surface area (Å²) in [6.07, 6.45) is 0. The monoisotopic (exact) mass is 261 g/mol. The van der Waals surface area contributed by atoms with Crippen molar-refractivity contribution in [1.82, 2.24) is 9.97 Å². The first kappa shape index (κ1) is 13.1. The van der Waals surface area contributed by atoms with Gasteiger partial charge in [0.1, 0.15) is 17.5 Å². The zero-order chi connectivity index (χ0) is 13.8. The summed E-state index contributed by atoms with van der Waals surface area (Å²) in [4.78, 5) is 9.97. The molecule has 0 fully saturated rings. The largest absolute Gasteiger partial charge is 0.373 e. The van der Waals surface area contributed by atoms with Gasteiger partial charge in [0.05, 0.1) is 0 Å². The zero-order valence-electron chi connectivity index (χ0n) is 10.9. The molecule has 6 heteroatoms. The molecule has 0 spiro atoms. The summed E-state index contributed by atoms with van der Waals surface area (Å²) >= 11 is 0. The number of hydrogen-bond acceptors (Lipinski definition) is 5. The van der Waals surface area contributed by atoms with Gasteiger partial charge in [0, 0.05) is 32.3 Å². The number of nitrogens with one attached hydrogen (secondary N) is 1. The van der Waals surface area contributed by atoms with E-state index in [1.807, 2.05) is 11.9 Å². The van der Waals surface area contributed by atoms with Crippen LogP contribution in [0.25, 0.3) is 0 Å². The number of nitrogen functional groups attached to an aromatic ring is 1. The Kier molecular flexibility index (Phi) is 3.79. The van der Waals surface area contributed by atoms with E-state index in [9.17, 15) is 4.39 Å². The Morgan fingerprint density at radius 3 is 2.74 bits per heavy atom. The fraction of sp³-hybridized carbons (Fsp3) is 0.231. The van der Waals surface area contributed by atoms with Crippen LogP contribution in [0.4, 0.5) is 22.0 Å². The normalized spacial score (nSPS) is 10.3. The number of aromatic nitrogens is 2. The van der Waals surface area contributed by atoms with Gasteiger partial charge in [-0.25, -0.2) is 4.39 Å². The maximum absolute atomic E-state index is 13.6. The molecule has 5 nitrogen and oxygen atoms in total. The number of halogens is 1. The average molecular weight is 261 g/mol. The van der Waals surface area contributed by atoms with Crippen molar-refractivity contribution >= 4 is 17.6 Å². The highest BCUT2D eigenvalue weighted by Crippen LogP contribution is 2.18. The molecule has 0 saturated heterocycles. The first-order valence-corrected chi connectivity index (χ1v) is 5.87. The molecule has 1 aromatic heterocycles. The minimum absolute atomic E-state index is 0.183. The second kappa shape index (κ2) is 5.51. The van der Waals surface area contributed by atoms with Crippen LogP contribution in [0.15, 0.2) is 30.3 Å². The van der Waals surface area contributed by atoms with Crippen LogP contribution in [-0.4, -0.2) is 24.1 Å². The SMILES string of the molecule is CNc1cc(N(C)Cc2ccccc2F)nc(N)n1. The van der Waals surface area contributed by atoms with Crippen molar-refractivity contribution in [2.24, 2.45) is 0 Å². The predicted molar refractivity (Wildman–Crippen MR) is 74.5 cm³/mol. The molecule has 2 aromatic rings. The van der Waals surface area contributed by atoms with Crippen molar-refractivity contribution < 1.29 is 4.39 Å².